The molecule has 0 radical (unpaired) electrons. The average Bonchev–Trinajstić information content (AvgIpc) is 2.41. The Morgan fingerprint density at radius 2 is 1.65 bits per heavy atom. The molecule has 0 saturated heterocycles. The fourth-order valence-corrected chi connectivity index (χ4v) is 2.77. The van der Waals surface area contributed by atoms with Crippen LogP contribution >= 0.6 is 0 Å². The van der Waals surface area contributed by atoms with E-state index in [1.54, 1.807) is 6.07 Å². The molecular formula is C19H23F. The van der Waals surface area contributed by atoms with E-state index in [2.05, 4.69) is 38.1 Å². The molecule has 2 rings (SSSR count). The van der Waals surface area contributed by atoms with E-state index in [-0.39, 0.29) is 11.7 Å². The summed E-state index contributed by atoms with van der Waals surface area (Å²) in [6.45, 7) is 8.46. The largest absolute Gasteiger partial charge is 0.207 e. The molecule has 0 spiro atoms. The standard InChI is InChI=1S/C19H23F/c1-13(2)18-12-16(9-10-19(18)20)11-15(4)17-8-6-5-7-14(17)3/h5-10,12-13,15H,11H2,1-4H3. The van der Waals surface area contributed by atoms with Crippen LogP contribution in [0.3, 0.4) is 0 Å². The zero-order valence-corrected chi connectivity index (χ0v) is 12.8. The molecule has 0 saturated carbocycles. The molecule has 0 aliphatic carbocycles. The Kier molecular flexibility index (Phi) is 4.59. The Morgan fingerprint density at radius 1 is 0.950 bits per heavy atom. The first-order valence-electron chi connectivity index (χ1n) is 7.33. The van der Waals surface area contributed by atoms with Crippen molar-refractivity contribution in [3.63, 3.8) is 0 Å². The first-order chi connectivity index (χ1) is 9.49. The topological polar surface area (TPSA) is 0 Å². The Balaban J connectivity index is 2.22. The maximum Gasteiger partial charge on any atom is 0.126 e. The van der Waals surface area contributed by atoms with Crippen LogP contribution in [0.25, 0.3) is 0 Å². The summed E-state index contributed by atoms with van der Waals surface area (Å²) in [7, 11) is 0. The highest BCUT2D eigenvalue weighted by Crippen LogP contribution is 2.26. The molecule has 0 aromatic heterocycles. The number of halogens is 1. The lowest BCUT2D eigenvalue weighted by Crippen LogP contribution is -2.02. The number of benzene rings is 2. The van der Waals surface area contributed by atoms with E-state index in [4.69, 9.17) is 0 Å². The van der Waals surface area contributed by atoms with Crippen molar-refractivity contribution < 1.29 is 4.39 Å². The third kappa shape index (κ3) is 3.27. The molecule has 0 bridgehead atoms. The second-order valence-corrected chi connectivity index (χ2v) is 5.97. The molecule has 2 aromatic rings. The Bertz CT molecular complexity index is 584. The lowest BCUT2D eigenvalue weighted by atomic mass is 9.89. The molecule has 1 unspecified atom stereocenters. The predicted octanol–water partition coefficient (Wildman–Crippen LogP) is 5.60. The van der Waals surface area contributed by atoms with Crippen LogP contribution < -0.4 is 0 Å². The summed E-state index contributed by atoms with van der Waals surface area (Å²) in [5.74, 6) is 0.581. The zero-order valence-electron chi connectivity index (χ0n) is 12.8. The molecule has 0 fully saturated rings. The first kappa shape index (κ1) is 14.8. The van der Waals surface area contributed by atoms with Crippen LogP contribution in [0.1, 0.15) is 54.9 Å². The third-order valence-electron chi connectivity index (χ3n) is 3.94. The number of hydrogen-bond donors (Lipinski definition) is 0. The summed E-state index contributed by atoms with van der Waals surface area (Å²) in [5, 5.41) is 0. The summed E-state index contributed by atoms with van der Waals surface area (Å²) in [4.78, 5) is 0. The monoisotopic (exact) mass is 270 g/mol. The van der Waals surface area contributed by atoms with Gasteiger partial charge in [0.05, 0.1) is 0 Å². The lowest BCUT2D eigenvalue weighted by molar-refractivity contribution is 0.596. The van der Waals surface area contributed by atoms with Crippen molar-refractivity contribution in [1.29, 1.82) is 0 Å². The Morgan fingerprint density at radius 3 is 2.30 bits per heavy atom. The van der Waals surface area contributed by atoms with Gasteiger partial charge in [0.2, 0.25) is 0 Å². The molecule has 0 N–H and O–H groups in total. The van der Waals surface area contributed by atoms with Gasteiger partial charge >= 0.3 is 0 Å². The molecule has 0 nitrogen and oxygen atoms in total. The van der Waals surface area contributed by atoms with Crippen molar-refractivity contribution in [2.45, 2.75) is 46.0 Å². The van der Waals surface area contributed by atoms with Gasteiger partial charge in [0.1, 0.15) is 5.82 Å². The maximum absolute atomic E-state index is 13.7. The second-order valence-electron chi connectivity index (χ2n) is 5.97. The van der Waals surface area contributed by atoms with E-state index in [1.807, 2.05) is 26.0 Å². The third-order valence-corrected chi connectivity index (χ3v) is 3.94. The fraction of sp³-hybridized carbons (Fsp3) is 0.368. The van der Waals surface area contributed by atoms with Gasteiger partial charge in [0.15, 0.2) is 0 Å². The molecule has 1 atom stereocenters. The van der Waals surface area contributed by atoms with Crippen molar-refractivity contribution in [3.8, 4) is 0 Å². The number of aryl methyl sites for hydroxylation is 1. The van der Waals surface area contributed by atoms with Gasteiger partial charge in [-0.15, -0.1) is 0 Å². The highest BCUT2D eigenvalue weighted by Gasteiger charge is 2.12. The predicted molar refractivity (Wildman–Crippen MR) is 83.8 cm³/mol. The van der Waals surface area contributed by atoms with Crippen molar-refractivity contribution in [2.75, 3.05) is 0 Å². The average molecular weight is 270 g/mol. The van der Waals surface area contributed by atoms with Gasteiger partial charge in [-0.2, -0.15) is 0 Å². The molecule has 20 heavy (non-hydrogen) atoms. The molecule has 2 aromatic carbocycles. The molecule has 1 heteroatoms. The Labute approximate surface area is 121 Å². The molecule has 0 amide bonds. The zero-order chi connectivity index (χ0) is 14.7. The van der Waals surface area contributed by atoms with E-state index in [9.17, 15) is 4.39 Å². The normalized spacial score (nSPS) is 12.7. The maximum atomic E-state index is 13.7. The van der Waals surface area contributed by atoms with Gasteiger partial charge in [-0.25, -0.2) is 4.39 Å². The summed E-state index contributed by atoms with van der Waals surface area (Å²) in [6, 6.07) is 14.0. The van der Waals surface area contributed by atoms with E-state index < -0.39 is 0 Å². The van der Waals surface area contributed by atoms with Gasteiger partial charge in [0.25, 0.3) is 0 Å². The first-order valence-corrected chi connectivity index (χ1v) is 7.33. The smallest absolute Gasteiger partial charge is 0.126 e. The van der Waals surface area contributed by atoms with Gasteiger partial charge < -0.3 is 0 Å². The van der Waals surface area contributed by atoms with E-state index in [0.29, 0.717) is 5.92 Å². The van der Waals surface area contributed by atoms with Crippen molar-refractivity contribution in [1.82, 2.24) is 0 Å². The van der Waals surface area contributed by atoms with E-state index >= 15 is 0 Å². The molecule has 106 valence electrons. The SMILES string of the molecule is Cc1ccccc1C(C)Cc1ccc(F)c(C(C)C)c1. The van der Waals surface area contributed by atoms with Crippen LogP contribution in [0.15, 0.2) is 42.5 Å². The number of rotatable bonds is 4. The minimum Gasteiger partial charge on any atom is -0.207 e. The van der Waals surface area contributed by atoms with Crippen LogP contribution in [0.2, 0.25) is 0 Å². The van der Waals surface area contributed by atoms with E-state index in [1.165, 1.54) is 16.7 Å². The number of hydrogen-bond acceptors (Lipinski definition) is 0. The minimum absolute atomic E-state index is 0.0905. The van der Waals surface area contributed by atoms with Gasteiger partial charge in [-0.05, 0) is 53.5 Å². The minimum atomic E-state index is -0.0905. The van der Waals surface area contributed by atoms with Crippen molar-refractivity contribution in [3.05, 3.63) is 70.5 Å². The van der Waals surface area contributed by atoms with Crippen LogP contribution in [-0.2, 0) is 6.42 Å². The van der Waals surface area contributed by atoms with E-state index in [0.717, 1.165) is 12.0 Å². The fourth-order valence-electron chi connectivity index (χ4n) is 2.77. The summed E-state index contributed by atoms with van der Waals surface area (Å²) in [5.41, 5.74) is 4.74. The highest BCUT2D eigenvalue weighted by molar-refractivity contribution is 5.32. The van der Waals surface area contributed by atoms with Crippen molar-refractivity contribution in [2.24, 2.45) is 0 Å². The molecular weight excluding hydrogens is 247 g/mol. The molecule has 0 heterocycles. The highest BCUT2D eigenvalue weighted by atomic mass is 19.1. The van der Waals surface area contributed by atoms with Crippen LogP contribution in [0, 0.1) is 12.7 Å². The summed E-state index contributed by atoms with van der Waals surface area (Å²) < 4.78 is 13.7. The second kappa shape index (κ2) is 6.21. The van der Waals surface area contributed by atoms with Crippen LogP contribution in [-0.4, -0.2) is 0 Å². The molecule has 0 aliphatic heterocycles. The quantitative estimate of drug-likeness (QED) is 0.678. The summed E-state index contributed by atoms with van der Waals surface area (Å²) >= 11 is 0. The van der Waals surface area contributed by atoms with Crippen molar-refractivity contribution >= 4 is 0 Å². The lowest BCUT2D eigenvalue weighted by Gasteiger charge is -2.16. The summed E-state index contributed by atoms with van der Waals surface area (Å²) in [6.07, 6.45) is 0.949. The van der Waals surface area contributed by atoms with Gasteiger partial charge in [-0.3, -0.25) is 0 Å². The van der Waals surface area contributed by atoms with Crippen LogP contribution in [0.5, 0.6) is 0 Å². The van der Waals surface area contributed by atoms with Gasteiger partial charge in [0, 0.05) is 0 Å². The van der Waals surface area contributed by atoms with Gasteiger partial charge in [-0.1, -0.05) is 57.2 Å². The Hall–Kier alpha value is -1.63. The molecule has 0 aliphatic rings. The van der Waals surface area contributed by atoms with Crippen LogP contribution in [0.4, 0.5) is 4.39 Å².